The zero-order chi connectivity index (χ0) is 22.1. The summed E-state index contributed by atoms with van der Waals surface area (Å²) in [5.74, 6) is -1.14. The van der Waals surface area contributed by atoms with E-state index >= 15 is 0 Å². The van der Waals surface area contributed by atoms with E-state index in [-0.39, 0.29) is 29.7 Å². The molecular formula is C23H29NO6. The highest BCUT2D eigenvalue weighted by atomic mass is 16.6. The van der Waals surface area contributed by atoms with Gasteiger partial charge in [-0.15, -0.1) is 0 Å². The van der Waals surface area contributed by atoms with E-state index in [0.29, 0.717) is 5.75 Å². The minimum Gasteiger partial charge on any atom is -0.503 e. The molecule has 1 aromatic heterocycles. The first-order valence-corrected chi connectivity index (χ1v) is 10.0. The summed E-state index contributed by atoms with van der Waals surface area (Å²) in [4.78, 5) is 29.0. The van der Waals surface area contributed by atoms with Crippen molar-refractivity contribution in [3.63, 3.8) is 0 Å². The third kappa shape index (κ3) is 6.20. The Labute approximate surface area is 177 Å². The van der Waals surface area contributed by atoms with Crippen LogP contribution >= 0.6 is 0 Å². The van der Waals surface area contributed by atoms with Gasteiger partial charge in [-0.2, -0.15) is 0 Å². The summed E-state index contributed by atoms with van der Waals surface area (Å²) in [5.41, 5.74) is -0.127. The van der Waals surface area contributed by atoms with E-state index in [1.807, 2.05) is 37.3 Å². The smallest absolute Gasteiger partial charge is 0.309 e. The Kier molecular flexibility index (Phi) is 8.65. The van der Waals surface area contributed by atoms with Crippen LogP contribution in [0.2, 0.25) is 0 Å². The normalized spacial score (nSPS) is 13.7. The average Bonchev–Trinajstić information content (AvgIpc) is 2.74. The summed E-state index contributed by atoms with van der Waals surface area (Å²) in [6.07, 6.45) is 2.03. The molecule has 0 amide bonds. The van der Waals surface area contributed by atoms with Crippen LogP contribution in [0.1, 0.15) is 50.5 Å². The number of para-hydroxylation sites is 1. The lowest BCUT2D eigenvalue weighted by molar-refractivity contribution is -0.157. The third-order valence-corrected chi connectivity index (χ3v) is 4.69. The number of aromatic hydroxyl groups is 1. The molecule has 162 valence electrons. The fraction of sp³-hybridized carbons (Fsp3) is 0.435. The number of benzene rings is 1. The van der Waals surface area contributed by atoms with Gasteiger partial charge in [-0.1, -0.05) is 38.5 Å². The van der Waals surface area contributed by atoms with Crippen molar-refractivity contribution in [1.82, 2.24) is 4.98 Å². The van der Waals surface area contributed by atoms with E-state index in [1.165, 1.54) is 19.4 Å². The summed E-state index contributed by atoms with van der Waals surface area (Å²) < 4.78 is 16.6. The topological polar surface area (TPSA) is 95.0 Å². The standard InChI is InChI=1S/C23H29NO6/c1-5-9-19(30-17-10-7-6-8-11-17)16(3)29-23(27)15(2)14-18(25)21-22(26)20(28-4)12-13-24-21/h6-8,10-13,15-16,19,26H,5,9,14H2,1-4H3/t15-,16+,19-/m1/s1. The number of hydrogen-bond donors (Lipinski definition) is 1. The second-order valence-electron chi connectivity index (χ2n) is 7.14. The van der Waals surface area contributed by atoms with Gasteiger partial charge < -0.3 is 19.3 Å². The van der Waals surface area contributed by atoms with Gasteiger partial charge in [0.25, 0.3) is 0 Å². The Morgan fingerprint density at radius 2 is 1.83 bits per heavy atom. The van der Waals surface area contributed by atoms with Crippen molar-refractivity contribution < 1.29 is 28.9 Å². The molecule has 2 aromatic rings. The number of esters is 1. The van der Waals surface area contributed by atoms with Gasteiger partial charge in [-0.05, 0) is 25.5 Å². The van der Waals surface area contributed by atoms with E-state index in [2.05, 4.69) is 4.98 Å². The Morgan fingerprint density at radius 1 is 1.13 bits per heavy atom. The van der Waals surface area contributed by atoms with Crippen molar-refractivity contribution in [2.75, 3.05) is 7.11 Å². The summed E-state index contributed by atoms with van der Waals surface area (Å²) in [5, 5.41) is 10.1. The molecule has 7 heteroatoms. The third-order valence-electron chi connectivity index (χ3n) is 4.69. The van der Waals surface area contributed by atoms with Crippen LogP contribution in [-0.2, 0) is 9.53 Å². The second-order valence-corrected chi connectivity index (χ2v) is 7.14. The van der Waals surface area contributed by atoms with Crippen LogP contribution < -0.4 is 9.47 Å². The SMILES string of the molecule is CCC[C@@H](Oc1ccccc1)[C@H](C)OC(=O)[C@H](C)CC(=O)c1nccc(OC)c1O. The largest absolute Gasteiger partial charge is 0.503 e. The maximum absolute atomic E-state index is 12.6. The quantitative estimate of drug-likeness (QED) is 0.434. The Hall–Kier alpha value is -3.09. The number of carbonyl (C=O) groups excluding carboxylic acids is 2. The first-order chi connectivity index (χ1) is 14.4. The van der Waals surface area contributed by atoms with Gasteiger partial charge in [-0.25, -0.2) is 4.98 Å². The number of pyridine rings is 1. The first kappa shape index (κ1) is 23.2. The van der Waals surface area contributed by atoms with Crippen molar-refractivity contribution in [3.8, 4) is 17.2 Å². The van der Waals surface area contributed by atoms with E-state index < -0.39 is 23.8 Å². The van der Waals surface area contributed by atoms with Crippen molar-refractivity contribution in [2.45, 2.75) is 52.2 Å². The monoisotopic (exact) mass is 415 g/mol. The van der Waals surface area contributed by atoms with Gasteiger partial charge in [0.1, 0.15) is 18.0 Å². The van der Waals surface area contributed by atoms with Crippen LogP contribution in [0.25, 0.3) is 0 Å². The number of rotatable bonds is 11. The molecule has 0 unspecified atom stereocenters. The molecule has 0 aliphatic heterocycles. The lowest BCUT2D eigenvalue weighted by atomic mass is 10.0. The van der Waals surface area contributed by atoms with Crippen molar-refractivity contribution in [3.05, 3.63) is 48.3 Å². The Morgan fingerprint density at radius 3 is 2.47 bits per heavy atom. The molecule has 3 atom stereocenters. The molecule has 0 aliphatic rings. The van der Waals surface area contributed by atoms with Crippen molar-refractivity contribution >= 4 is 11.8 Å². The molecule has 0 spiro atoms. The molecule has 0 radical (unpaired) electrons. The molecule has 1 aromatic carbocycles. The number of carbonyl (C=O) groups is 2. The molecule has 7 nitrogen and oxygen atoms in total. The fourth-order valence-corrected chi connectivity index (χ4v) is 2.99. The zero-order valence-corrected chi connectivity index (χ0v) is 17.8. The van der Waals surface area contributed by atoms with Crippen LogP contribution in [0.4, 0.5) is 0 Å². The van der Waals surface area contributed by atoms with Crippen LogP contribution in [0.5, 0.6) is 17.2 Å². The number of Topliss-reactive ketones (excluding diaryl/α,β-unsaturated/α-hetero) is 1. The van der Waals surface area contributed by atoms with E-state index in [1.54, 1.807) is 13.8 Å². The average molecular weight is 415 g/mol. The molecule has 1 heterocycles. The Balaban J connectivity index is 1.98. The van der Waals surface area contributed by atoms with E-state index in [9.17, 15) is 14.7 Å². The van der Waals surface area contributed by atoms with Crippen LogP contribution in [0.3, 0.4) is 0 Å². The number of aromatic nitrogens is 1. The summed E-state index contributed by atoms with van der Waals surface area (Å²) in [6, 6.07) is 10.8. The second kappa shape index (κ2) is 11.2. The van der Waals surface area contributed by atoms with Gasteiger partial charge >= 0.3 is 5.97 Å². The fourth-order valence-electron chi connectivity index (χ4n) is 2.99. The molecule has 0 aliphatic carbocycles. The van der Waals surface area contributed by atoms with Gasteiger partial charge in [-0.3, -0.25) is 9.59 Å². The molecule has 1 N–H and O–H groups in total. The maximum Gasteiger partial charge on any atom is 0.309 e. The molecule has 0 saturated heterocycles. The number of ether oxygens (including phenoxy) is 3. The maximum atomic E-state index is 12.6. The van der Waals surface area contributed by atoms with Gasteiger partial charge in [0, 0.05) is 18.7 Å². The lowest BCUT2D eigenvalue weighted by Gasteiger charge is -2.26. The van der Waals surface area contributed by atoms with Gasteiger partial charge in [0.15, 0.2) is 23.0 Å². The highest BCUT2D eigenvalue weighted by Gasteiger charge is 2.27. The zero-order valence-electron chi connectivity index (χ0n) is 17.8. The van der Waals surface area contributed by atoms with Crippen molar-refractivity contribution in [2.24, 2.45) is 5.92 Å². The summed E-state index contributed by atoms with van der Waals surface area (Å²) in [6.45, 7) is 5.42. The van der Waals surface area contributed by atoms with Crippen molar-refractivity contribution in [1.29, 1.82) is 0 Å². The molecule has 0 bridgehead atoms. The summed E-state index contributed by atoms with van der Waals surface area (Å²) >= 11 is 0. The van der Waals surface area contributed by atoms with Crippen LogP contribution in [0.15, 0.2) is 42.6 Å². The lowest BCUT2D eigenvalue weighted by Crippen LogP contribution is -2.35. The van der Waals surface area contributed by atoms with E-state index in [0.717, 1.165) is 12.8 Å². The van der Waals surface area contributed by atoms with Crippen LogP contribution in [-0.4, -0.2) is 41.2 Å². The van der Waals surface area contributed by atoms with E-state index in [4.69, 9.17) is 14.2 Å². The highest BCUT2D eigenvalue weighted by Crippen LogP contribution is 2.29. The molecule has 0 fully saturated rings. The Bertz CT molecular complexity index is 839. The molecule has 0 saturated carbocycles. The van der Waals surface area contributed by atoms with Gasteiger partial charge in [0.05, 0.1) is 13.0 Å². The minimum atomic E-state index is -0.702. The highest BCUT2D eigenvalue weighted by molar-refractivity contribution is 5.99. The molecular weight excluding hydrogens is 386 g/mol. The predicted octanol–water partition coefficient (Wildman–Crippen LogP) is 4.18. The number of nitrogens with zero attached hydrogens (tertiary/aromatic N) is 1. The predicted molar refractivity (Wildman–Crippen MR) is 112 cm³/mol. The first-order valence-electron chi connectivity index (χ1n) is 10.0. The van der Waals surface area contributed by atoms with Gasteiger partial charge in [0.2, 0.25) is 0 Å². The number of ketones is 1. The number of methoxy groups -OCH3 is 1. The molecule has 2 rings (SSSR count). The minimum absolute atomic E-state index is 0.127. The molecule has 30 heavy (non-hydrogen) atoms. The number of hydrogen-bond acceptors (Lipinski definition) is 7. The van der Waals surface area contributed by atoms with Crippen LogP contribution in [0, 0.1) is 5.92 Å². The summed E-state index contributed by atoms with van der Waals surface area (Å²) in [7, 11) is 1.38.